The predicted molar refractivity (Wildman–Crippen MR) is 113 cm³/mol. The van der Waals surface area contributed by atoms with Gasteiger partial charge in [-0.15, -0.1) is 5.10 Å². The van der Waals surface area contributed by atoms with Crippen LogP contribution in [0.4, 0.5) is 5.69 Å². The maximum atomic E-state index is 11.2. The average Bonchev–Trinajstić information content (AvgIpc) is 3.06. The van der Waals surface area contributed by atoms with Gasteiger partial charge in [0.05, 0.1) is 22.4 Å². The van der Waals surface area contributed by atoms with E-state index in [1.54, 1.807) is 22.9 Å². The zero-order valence-corrected chi connectivity index (χ0v) is 16.6. The van der Waals surface area contributed by atoms with Crippen molar-refractivity contribution in [1.82, 2.24) is 9.78 Å². The first-order chi connectivity index (χ1) is 14.0. The topological polar surface area (TPSA) is 70.2 Å². The Morgan fingerprint density at radius 3 is 2.17 bits per heavy atom. The number of nitro groups is 1. The molecule has 8 heteroatoms. The zero-order valence-electron chi connectivity index (χ0n) is 15.1. The maximum absolute atomic E-state index is 11.2. The molecule has 0 atom stereocenters. The van der Waals surface area contributed by atoms with Gasteiger partial charge in [0.1, 0.15) is 6.61 Å². The molecule has 29 heavy (non-hydrogen) atoms. The van der Waals surface area contributed by atoms with Gasteiger partial charge in [0.25, 0.3) is 5.69 Å². The van der Waals surface area contributed by atoms with E-state index in [0.29, 0.717) is 27.9 Å². The third-order valence-electron chi connectivity index (χ3n) is 4.45. The van der Waals surface area contributed by atoms with Crippen LogP contribution in [0, 0.1) is 10.1 Å². The van der Waals surface area contributed by atoms with Gasteiger partial charge in [-0.05, 0) is 41.5 Å². The Morgan fingerprint density at radius 2 is 1.55 bits per heavy atom. The maximum Gasteiger partial charge on any atom is 0.270 e. The standard InChI is InChI=1S/C21H15Cl2N3O3/c22-16-5-1-14(2-6-16)12-25-20-10-9-18(26(27)28)11-19(20)21(24-25)29-13-15-3-7-17(23)8-4-15/h1-11H,12-13H2. The van der Waals surface area contributed by atoms with Crippen LogP contribution < -0.4 is 4.74 Å². The van der Waals surface area contributed by atoms with Crippen LogP contribution in [0.5, 0.6) is 5.88 Å². The van der Waals surface area contributed by atoms with Gasteiger partial charge in [-0.25, -0.2) is 0 Å². The van der Waals surface area contributed by atoms with Gasteiger partial charge in [0.2, 0.25) is 5.88 Å². The Labute approximate surface area is 176 Å². The van der Waals surface area contributed by atoms with Gasteiger partial charge >= 0.3 is 0 Å². The van der Waals surface area contributed by atoms with E-state index in [-0.39, 0.29) is 12.3 Å². The Kier molecular flexibility index (Phi) is 5.38. The van der Waals surface area contributed by atoms with E-state index in [1.165, 1.54) is 12.1 Å². The van der Waals surface area contributed by atoms with Crippen molar-refractivity contribution in [2.45, 2.75) is 13.2 Å². The summed E-state index contributed by atoms with van der Waals surface area (Å²) in [5.41, 5.74) is 2.65. The van der Waals surface area contributed by atoms with Crippen LogP contribution in [0.25, 0.3) is 10.9 Å². The molecular weight excluding hydrogens is 413 g/mol. The molecule has 0 spiro atoms. The number of hydrogen-bond donors (Lipinski definition) is 0. The van der Waals surface area contributed by atoms with E-state index in [9.17, 15) is 10.1 Å². The quantitative estimate of drug-likeness (QED) is 0.284. The van der Waals surface area contributed by atoms with Crippen LogP contribution in [0.15, 0.2) is 66.7 Å². The van der Waals surface area contributed by atoms with Crippen LogP contribution >= 0.6 is 23.2 Å². The van der Waals surface area contributed by atoms with Gasteiger partial charge in [-0.1, -0.05) is 47.5 Å². The lowest BCUT2D eigenvalue weighted by atomic mass is 10.2. The molecule has 1 heterocycles. The van der Waals surface area contributed by atoms with Crippen molar-refractivity contribution in [1.29, 1.82) is 0 Å². The number of nitrogens with zero attached hydrogens (tertiary/aromatic N) is 3. The van der Waals surface area contributed by atoms with Crippen molar-refractivity contribution in [3.05, 3.63) is 98.0 Å². The van der Waals surface area contributed by atoms with Gasteiger partial charge < -0.3 is 4.74 Å². The van der Waals surface area contributed by atoms with E-state index in [1.807, 2.05) is 36.4 Å². The third kappa shape index (κ3) is 4.34. The van der Waals surface area contributed by atoms with Crippen molar-refractivity contribution < 1.29 is 9.66 Å². The van der Waals surface area contributed by atoms with E-state index in [0.717, 1.165) is 16.6 Å². The molecule has 0 aliphatic rings. The summed E-state index contributed by atoms with van der Waals surface area (Å²) in [7, 11) is 0. The van der Waals surface area contributed by atoms with Gasteiger partial charge in [-0.2, -0.15) is 0 Å². The molecule has 146 valence electrons. The first kappa shape index (κ1) is 19.2. The number of hydrogen-bond acceptors (Lipinski definition) is 4. The lowest BCUT2D eigenvalue weighted by molar-refractivity contribution is -0.384. The van der Waals surface area contributed by atoms with E-state index in [4.69, 9.17) is 27.9 Å². The fourth-order valence-corrected chi connectivity index (χ4v) is 3.23. The summed E-state index contributed by atoms with van der Waals surface area (Å²) >= 11 is 11.9. The van der Waals surface area contributed by atoms with Crippen molar-refractivity contribution in [3.63, 3.8) is 0 Å². The number of nitro benzene ring substituents is 1. The van der Waals surface area contributed by atoms with E-state index < -0.39 is 4.92 Å². The molecule has 0 amide bonds. The minimum atomic E-state index is -0.432. The first-order valence-electron chi connectivity index (χ1n) is 8.76. The molecule has 0 saturated carbocycles. The highest BCUT2D eigenvalue weighted by atomic mass is 35.5. The number of rotatable bonds is 6. The molecule has 0 aliphatic heterocycles. The molecule has 0 fully saturated rings. The Morgan fingerprint density at radius 1 is 0.931 bits per heavy atom. The largest absolute Gasteiger partial charge is 0.471 e. The number of non-ortho nitro benzene ring substituents is 1. The minimum absolute atomic E-state index is 0.0140. The summed E-state index contributed by atoms with van der Waals surface area (Å²) in [4.78, 5) is 10.8. The number of fused-ring (bicyclic) bond motifs is 1. The fourth-order valence-electron chi connectivity index (χ4n) is 2.97. The second-order valence-electron chi connectivity index (χ2n) is 6.46. The number of halogens is 2. The monoisotopic (exact) mass is 427 g/mol. The molecule has 4 aromatic rings. The highest BCUT2D eigenvalue weighted by Gasteiger charge is 2.16. The number of ether oxygens (including phenoxy) is 1. The van der Waals surface area contributed by atoms with Gasteiger partial charge in [0, 0.05) is 22.2 Å². The third-order valence-corrected chi connectivity index (χ3v) is 4.95. The molecule has 0 radical (unpaired) electrons. The fraction of sp³-hybridized carbons (Fsp3) is 0.0952. The molecular formula is C21H15Cl2N3O3. The van der Waals surface area contributed by atoms with Crippen molar-refractivity contribution in [3.8, 4) is 5.88 Å². The molecule has 1 aromatic heterocycles. The van der Waals surface area contributed by atoms with Crippen LogP contribution in [0.3, 0.4) is 0 Å². The zero-order chi connectivity index (χ0) is 20.4. The Balaban J connectivity index is 1.69. The van der Waals surface area contributed by atoms with E-state index in [2.05, 4.69) is 5.10 Å². The number of benzene rings is 3. The van der Waals surface area contributed by atoms with Crippen molar-refractivity contribution >= 4 is 39.8 Å². The summed E-state index contributed by atoms with van der Waals surface area (Å²) in [5, 5.41) is 17.6. The normalized spacial score (nSPS) is 11.0. The summed E-state index contributed by atoms with van der Waals surface area (Å²) < 4.78 is 7.66. The Bertz CT molecular complexity index is 1170. The van der Waals surface area contributed by atoms with Crippen LogP contribution in [0.1, 0.15) is 11.1 Å². The summed E-state index contributed by atoms with van der Waals surface area (Å²) in [6, 6.07) is 19.4. The summed E-state index contributed by atoms with van der Waals surface area (Å²) in [6.45, 7) is 0.753. The predicted octanol–water partition coefficient (Wildman–Crippen LogP) is 5.88. The first-order valence-corrected chi connectivity index (χ1v) is 9.52. The Hall–Kier alpha value is -3.09. The second-order valence-corrected chi connectivity index (χ2v) is 7.34. The molecule has 0 bridgehead atoms. The van der Waals surface area contributed by atoms with Crippen LogP contribution in [-0.4, -0.2) is 14.7 Å². The molecule has 0 saturated heterocycles. The second kappa shape index (κ2) is 8.11. The van der Waals surface area contributed by atoms with Crippen molar-refractivity contribution in [2.75, 3.05) is 0 Å². The SMILES string of the molecule is O=[N+]([O-])c1ccc2c(c1)c(OCc1ccc(Cl)cc1)nn2Cc1ccc(Cl)cc1. The molecule has 4 rings (SSSR count). The average molecular weight is 428 g/mol. The summed E-state index contributed by atoms with van der Waals surface area (Å²) in [5.74, 6) is 0.340. The molecule has 0 unspecified atom stereocenters. The highest BCUT2D eigenvalue weighted by molar-refractivity contribution is 6.30. The van der Waals surface area contributed by atoms with Crippen LogP contribution in [0.2, 0.25) is 10.0 Å². The molecule has 3 aromatic carbocycles. The lowest BCUT2D eigenvalue weighted by Gasteiger charge is -2.04. The minimum Gasteiger partial charge on any atom is -0.471 e. The van der Waals surface area contributed by atoms with Crippen LogP contribution in [-0.2, 0) is 13.2 Å². The van der Waals surface area contributed by atoms with Gasteiger partial charge in [-0.3, -0.25) is 14.8 Å². The molecule has 0 aliphatic carbocycles. The van der Waals surface area contributed by atoms with E-state index >= 15 is 0 Å². The highest BCUT2D eigenvalue weighted by Crippen LogP contribution is 2.30. The van der Waals surface area contributed by atoms with Crippen molar-refractivity contribution in [2.24, 2.45) is 0 Å². The molecule has 0 N–H and O–H groups in total. The molecule has 6 nitrogen and oxygen atoms in total. The number of aromatic nitrogens is 2. The smallest absolute Gasteiger partial charge is 0.270 e. The summed E-state index contributed by atoms with van der Waals surface area (Å²) in [6.07, 6.45) is 0. The van der Waals surface area contributed by atoms with Gasteiger partial charge in [0.15, 0.2) is 0 Å². The lowest BCUT2D eigenvalue weighted by Crippen LogP contribution is -2.02.